The first-order valence-electron chi connectivity index (χ1n) is 10.5. The quantitative estimate of drug-likeness (QED) is 0.507. The first-order valence-corrected chi connectivity index (χ1v) is 10.5. The molecule has 1 amide bonds. The lowest BCUT2D eigenvalue weighted by atomic mass is 9.99. The van der Waals surface area contributed by atoms with Crippen LogP contribution in [0, 0.1) is 0 Å². The van der Waals surface area contributed by atoms with Gasteiger partial charge in [-0.15, -0.1) is 0 Å². The smallest absolute Gasteiger partial charge is 0.254 e. The third-order valence-corrected chi connectivity index (χ3v) is 5.72. The number of carbonyl (C=O) groups excluding carboxylic acids is 1. The summed E-state index contributed by atoms with van der Waals surface area (Å²) in [7, 11) is 0. The van der Waals surface area contributed by atoms with Crippen LogP contribution in [0.2, 0.25) is 0 Å². The van der Waals surface area contributed by atoms with E-state index in [-0.39, 0.29) is 5.91 Å². The Kier molecular flexibility index (Phi) is 7.04. The molecule has 0 spiro atoms. The molecule has 2 aliphatic heterocycles. The summed E-state index contributed by atoms with van der Waals surface area (Å²) in [4.78, 5) is 14.3. The van der Waals surface area contributed by atoms with Gasteiger partial charge in [0.05, 0.1) is 19.8 Å². The summed E-state index contributed by atoms with van der Waals surface area (Å²) >= 11 is 0. The van der Waals surface area contributed by atoms with Gasteiger partial charge in [0, 0.05) is 18.7 Å². The van der Waals surface area contributed by atoms with Crippen molar-refractivity contribution in [3.8, 4) is 16.9 Å². The van der Waals surface area contributed by atoms with Crippen molar-refractivity contribution in [2.75, 3.05) is 32.9 Å². The number of carbonyl (C=O) groups is 1. The first-order chi connectivity index (χ1) is 15.5. The third-order valence-electron chi connectivity index (χ3n) is 5.72. The molecule has 2 aromatic carbocycles. The Hall–Kier alpha value is -2.53. The number of amides is 1. The molecule has 2 fully saturated rings. The van der Waals surface area contributed by atoms with Crippen molar-refractivity contribution < 1.29 is 39.4 Å². The van der Waals surface area contributed by atoms with Crippen molar-refractivity contribution in [3.05, 3.63) is 54.1 Å². The lowest BCUT2D eigenvalue weighted by molar-refractivity contribution is -0.277. The summed E-state index contributed by atoms with van der Waals surface area (Å²) in [6.45, 7) is 1.78. The summed E-state index contributed by atoms with van der Waals surface area (Å²) in [5, 5.41) is 39.1. The molecule has 9 nitrogen and oxygen atoms in total. The number of aliphatic hydroxyl groups is 4. The average Bonchev–Trinajstić information content (AvgIpc) is 2.85. The topological polar surface area (TPSA) is 129 Å². The Labute approximate surface area is 185 Å². The molecule has 0 saturated carbocycles. The van der Waals surface area contributed by atoms with Crippen LogP contribution in [0.5, 0.6) is 5.75 Å². The highest BCUT2D eigenvalue weighted by molar-refractivity contribution is 5.94. The van der Waals surface area contributed by atoms with Crippen molar-refractivity contribution in [1.29, 1.82) is 0 Å². The fraction of sp³-hybridized carbons (Fsp3) is 0.435. The number of ether oxygens (including phenoxy) is 3. The van der Waals surface area contributed by atoms with Gasteiger partial charge in [-0.05, 0) is 35.4 Å². The number of hydrogen-bond acceptors (Lipinski definition) is 8. The largest absolute Gasteiger partial charge is 0.462 e. The lowest BCUT2D eigenvalue weighted by Gasteiger charge is -2.39. The fourth-order valence-electron chi connectivity index (χ4n) is 3.78. The monoisotopic (exact) mass is 445 g/mol. The van der Waals surface area contributed by atoms with E-state index < -0.39 is 37.3 Å². The first kappa shape index (κ1) is 22.7. The van der Waals surface area contributed by atoms with Crippen molar-refractivity contribution in [2.24, 2.45) is 0 Å². The molecular formula is C23H27NO8. The van der Waals surface area contributed by atoms with E-state index in [2.05, 4.69) is 0 Å². The lowest BCUT2D eigenvalue weighted by Crippen LogP contribution is -2.60. The molecule has 4 rings (SSSR count). The van der Waals surface area contributed by atoms with Gasteiger partial charge in [-0.2, -0.15) is 0 Å². The molecular weight excluding hydrogens is 418 g/mol. The Morgan fingerprint density at radius 2 is 1.50 bits per heavy atom. The van der Waals surface area contributed by atoms with Gasteiger partial charge < -0.3 is 39.5 Å². The Bertz CT molecular complexity index is 895. The third kappa shape index (κ3) is 4.78. The molecule has 5 atom stereocenters. The second-order valence-corrected chi connectivity index (χ2v) is 7.82. The molecule has 2 aliphatic rings. The molecule has 0 aromatic heterocycles. The van der Waals surface area contributed by atoms with Gasteiger partial charge in [0.2, 0.25) is 6.29 Å². The van der Waals surface area contributed by atoms with Crippen LogP contribution in [0.3, 0.4) is 0 Å². The Balaban J connectivity index is 1.40. The summed E-state index contributed by atoms with van der Waals surface area (Å²) in [6.07, 6.45) is -6.67. The van der Waals surface area contributed by atoms with Crippen molar-refractivity contribution in [3.63, 3.8) is 0 Å². The normalized spacial score (nSPS) is 28.4. The van der Waals surface area contributed by atoms with E-state index in [1.807, 2.05) is 24.3 Å². The van der Waals surface area contributed by atoms with E-state index in [1.165, 1.54) is 0 Å². The summed E-state index contributed by atoms with van der Waals surface area (Å²) in [5.74, 6) is 0.375. The van der Waals surface area contributed by atoms with Gasteiger partial charge in [-0.3, -0.25) is 4.79 Å². The zero-order valence-electron chi connectivity index (χ0n) is 17.4. The number of rotatable bonds is 5. The van der Waals surface area contributed by atoms with E-state index in [0.717, 1.165) is 11.1 Å². The molecule has 2 saturated heterocycles. The highest BCUT2D eigenvalue weighted by Crippen LogP contribution is 2.27. The second-order valence-electron chi connectivity index (χ2n) is 7.82. The number of morpholine rings is 1. The molecule has 2 aromatic rings. The molecule has 32 heavy (non-hydrogen) atoms. The number of benzene rings is 2. The summed E-state index contributed by atoms with van der Waals surface area (Å²) < 4.78 is 16.3. The average molecular weight is 445 g/mol. The number of nitrogens with zero attached hydrogens (tertiary/aromatic N) is 1. The predicted molar refractivity (Wildman–Crippen MR) is 113 cm³/mol. The van der Waals surface area contributed by atoms with Crippen molar-refractivity contribution in [2.45, 2.75) is 30.7 Å². The van der Waals surface area contributed by atoms with Crippen LogP contribution >= 0.6 is 0 Å². The zero-order chi connectivity index (χ0) is 22.7. The van der Waals surface area contributed by atoms with E-state index >= 15 is 0 Å². The number of hydrogen-bond donors (Lipinski definition) is 4. The fourth-order valence-corrected chi connectivity index (χ4v) is 3.78. The van der Waals surface area contributed by atoms with Crippen LogP contribution in [-0.2, 0) is 9.47 Å². The summed E-state index contributed by atoms with van der Waals surface area (Å²) in [5.41, 5.74) is 2.44. The molecule has 0 radical (unpaired) electrons. The highest BCUT2D eigenvalue weighted by Gasteiger charge is 2.44. The molecule has 9 heteroatoms. The number of aliphatic hydroxyl groups excluding tert-OH is 4. The van der Waals surface area contributed by atoms with Crippen molar-refractivity contribution in [1.82, 2.24) is 4.90 Å². The molecule has 0 bridgehead atoms. The molecule has 4 N–H and O–H groups in total. The molecule has 2 heterocycles. The highest BCUT2D eigenvalue weighted by atomic mass is 16.7. The van der Waals surface area contributed by atoms with Gasteiger partial charge >= 0.3 is 0 Å². The standard InChI is InChI=1S/C23H27NO8/c25-13-18-19(26)20(27)21(28)23(32-18)31-17-7-5-15(6-8-17)14-1-3-16(4-2-14)22(29)24-9-11-30-12-10-24/h1-8,18-21,23,25-28H,9-13H2/t18-,19-,20+,21+,23-/m1/s1. The van der Waals surface area contributed by atoms with Gasteiger partial charge in [0.1, 0.15) is 30.2 Å². The minimum Gasteiger partial charge on any atom is -0.462 e. The van der Waals surface area contributed by atoms with E-state index in [1.54, 1.807) is 29.2 Å². The van der Waals surface area contributed by atoms with Gasteiger partial charge in [-0.25, -0.2) is 0 Å². The van der Waals surface area contributed by atoms with Gasteiger partial charge in [0.25, 0.3) is 5.91 Å². The molecule has 0 aliphatic carbocycles. The van der Waals surface area contributed by atoms with Crippen molar-refractivity contribution >= 4 is 5.91 Å². The minimum absolute atomic E-state index is 0.0110. The van der Waals surface area contributed by atoms with E-state index in [4.69, 9.17) is 14.2 Å². The van der Waals surface area contributed by atoms with Crippen LogP contribution in [0.15, 0.2) is 48.5 Å². The Morgan fingerprint density at radius 3 is 2.09 bits per heavy atom. The Morgan fingerprint density at radius 1 is 0.906 bits per heavy atom. The SMILES string of the molecule is O=C(c1ccc(-c2ccc(O[C@@H]3O[C@H](CO)[C@@H](O)[C@H](O)[C@@H]3O)cc2)cc1)N1CCOCC1. The van der Waals surface area contributed by atoms with Crippen LogP contribution in [0.1, 0.15) is 10.4 Å². The van der Waals surface area contributed by atoms with Crippen LogP contribution in [-0.4, -0.2) is 94.8 Å². The summed E-state index contributed by atoms with van der Waals surface area (Å²) in [6, 6.07) is 14.3. The minimum atomic E-state index is -1.50. The van der Waals surface area contributed by atoms with Crippen LogP contribution in [0.4, 0.5) is 0 Å². The maximum absolute atomic E-state index is 12.6. The predicted octanol–water partition coefficient (Wildman–Crippen LogP) is 0.00470. The van der Waals surface area contributed by atoms with E-state index in [0.29, 0.717) is 37.6 Å². The molecule has 172 valence electrons. The second kappa shape index (κ2) is 9.95. The van der Waals surface area contributed by atoms with Crippen LogP contribution in [0.25, 0.3) is 11.1 Å². The zero-order valence-corrected chi connectivity index (χ0v) is 17.4. The van der Waals surface area contributed by atoms with Gasteiger partial charge in [-0.1, -0.05) is 24.3 Å². The van der Waals surface area contributed by atoms with Crippen LogP contribution < -0.4 is 4.74 Å². The molecule has 0 unspecified atom stereocenters. The maximum atomic E-state index is 12.6. The van der Waals surface area contributed by atoms with Gasteiger partial charge in [0.15, 0.2) is 0 Å². The maximum Gasteiger partial charge on any atom is 0.254 e. The van der Waals surface area contributed by atoms with E-state index in [9.17, 15) is 25.2 Å².